The molecule has 1 aliphatic heterocycles. The van der Waals surface area contributed by atoms with E-state index in [0.717, 1.165) is 23.3 Å². The Bertz CT molecular complexity index is 533. The smallest absolute Gasteiger partial charge is 0.173 e. The maximum Gasteiger partial charge on any atom is 0.173 e. The van der Waals surface area contributed by atoms with Gasteiger partial charge in [-0.05, 0) is 62.0 Å². The van der Waals surface area contributed by atoms with Gasteiger partial charge in [0, 0.05) is 17.6 Å². The van der Waals surface area contributed by atoms with Gasteiger partial charge in [-0.3, -0.25) is 0 Å². The van der Waals surface area contributed by atoms with E-state index in [-0.39, 0.29) is 0 Å². The molecule has 0 spiro atoms. The summed E-state index contributed by atoms with van der Waals surface area (Å²) in [6.45, 7) is 1.05. The van der Waals surface area contributed by atoms with Gasteiger partial charge in [-0.15, -0.1) is 0 Å². The van der Waals surface area contributed by atoms with E-state index in [4.69, 9.17) is 35.4 Å². The summed E-state index contributed by atoms with van der Waals surface area (Å²) < 4.78 is 0. The molecule has 5 heteroatoms. The molecule has 0 unspecified atom stereocenters. The molecule has 2 nitrogen and oxygen atoms in total. The van der Waals surface area contributed by atoms with Crippen molar-refractivity contribution in [3.63, 3.8) is 0 Å². The number of nitrogens with one attached hydrogen (secondary N) is 1. The van der Waals surface area contributed by atoms with Crippen molar-refractivity contribution in [3.05, 3.63) is 28.2 Å². The number of piperidine rings is 1. The molecule has 2 fully saturated rings. The van der Waals surface area contributed by atoms with E-state index < -0.39 is 0 Å². The van der Waals surface area contributed by atoms with Gasteiger partial charge in [0.15, 0.2) is 5.11 Å². The Labute approximate surface area is 141 Å². The Hall–Kier alpha value is -0.510. The number of nitrogens with zero attached hydrogens (tertiary/aromatic N) is 1. The van der Waals surface area contributed by atoms with Crippen LogP contribution in [-0.4, -0.2) is 22.6 Å². The lowest BCUT2D eigenvalue weighted by atomic mass is 9.78. The fraction of sp³-hybridized carbons (Fsp3) is 0.562. The van der Waals surface area contributed by atoms with Crippen LogP contribution in [0, 0.1) is 5.92 Å². The number of anilines is 1. The number of thiocarbonyl (C=S) groups is 1. The molecule has 0 amide bonds. The predicted molar refractivity (Wildman–Crippen MR) is 94.4 cm³/mol. The van der Waals surface area contributed by atoms with Gasteiger partial charge in [0.05, 0.1) is 10.7 Å². The second-order valence-corrected chi connectivity index (χ2v) is 7.23. The molecule has 1 aromatic rings. The minimum atomic E-state index is 0.610. The number of hydrogen-bond acceptors (Lipinski definition) is 1. The highest BCUT2D eigenvalue weighted by atomic mass is 35.5. The normalized spacial score (nSPS) is 25.3. The van der Waals surface area contributed by atoms with Crippen LogP contribution < -0.4 is 5.32 Å². The third-order valence-electron chi connectivity index (χ3n) is 4.68. The average molecular weight is 343 g/mol. The number of likely N-dealkylation sites (tertiary alicyclic amines) is 1. The van der Waals surface area contributed by atoms with Crippen molar-refractivity contribution < 1.29 is 0 Å². The third kappa shape index (κ3) is 3.46. The summed E-state index contributed by atoms with van der Waals surface area (Å²) in [4.78, 5) is 2.38. The van der Waals surface area contributed by atoms with Gasteiger partial charge in [0.25, 0.3) is 0 Å². The van der Waals surface area contributed by atoms with Crippen LogP contribution in [0.3, 0.4) is 0 Å². The standard InChI is InChI=1S/C16H20Cl2N2S/c17-12-7-8-14(13(18)10-12)19-16(21)20-9-3-5-11-4-1-2-6-15(11)20/h7-8,10-11,15H,1-6,9H2,(H,19,21)/t11-,15-/m1/s1. The molecule has 2 atom stereocenters. The van der Waals surface area contributed by atoms with Crippen molar-refractivity contribution in [2.45, 2.75) is 44.6 Å². The van der Waals surface area contributed by atoms with E-state index >= 15 is 0 Å². The Balaban J connectivity index is 1.71. The molecule has 1 saturated heterocycles. The summed E-state index contributed by atoms with van der Waals surface area (Å²) in [6, 6.07) is 6.07. The summed E-state index contributed by atoms with van der Waals surface area (Å²) in [7, 11) is 0. The average Bonchev–Trinajstić information content (AvgIpc) is 2.49. The van der Waals surface area contributed by atoms with Crippen LogP contribution in [0.4, 0.5) is 5.69 Å². The molecule has 1 saturated carbocycles. The monoisotopic (exact) mass is 342 g/mol. The van der Waals surface area contributed by atoms with Crippen molar-refractivity contribution >= 4 is 46.2 Å². The molecule has 0 bridgehead atoms. The second-order valence-electron chi connectivity index (χ2n) is 6.00. The van der Waals surface area contributed by atoms with Crippen molar-refractivity contribution in [1.29, 1.82) is 0 Å². The molecule has 21 heavy (non-hydrogen) atoms. The van der Waals surface area contributed by atoms with Crippen LogP contribution in [0.25, 0.3) is 0 Å². The molecule has 1 aliphatic carbocycles. The molecule has 0 aromatic heterocycles. The second kappa shape index (κ2) is 6.72. The topological polar surface area (TPSA) is 15.3 Å². The first-order chi connectivity index (χ1) is 10.1. The lowest BCUT2D eigenvalue weighted by Gasteiger charge is -2.45. The van der Waals surface area contributed by atoms with Crippen molar-refractivity contribution in [2.24, 2.45) is 5.92 Å². The van der Waals surface area contributed by atoms with Crippen LogP contribution in [-0.2, 0) is 0 Å². The molecule has 2 aliphatic rings. The van der Waals surface area contributed by atoms with Crippen LogP contribution in [0.5, 0.6) is 0 Å². The van der Waals surface area contributed by atoms with E-state index in [1.807, 2.05) is 12.1 Å². The number of rotatable bonds is 1. The van der Waals surface area contributed by atoms with Gasteiger partial charge in [0.1, 0.15) is 0 Å². The largest absolute Gasteiger partial charge is 0.346 e. The maximum absolute atomic E-state index is 6.22. The van der Waals surface area contributed by atoms with Crippen LogP contribution in [0.1, 0.15) is 38.5 Å². The molecule has 1 aromatic carbocycles. The summed E-state index contributed by atoms with van der Waals surface area (Å²) >= 11 is 17.8. The number of halogens is 2. The maximum atomic E-state index is 6.22. The zero-order chi connectivity index (χ0) is 14.8. The fourth-order valence-electron chi connectivity index (χ4n) is 3.65. The Morgan fingerprint density at radius 3 is 2.71 bits per heavy atom. The summed E-state index contributed by atoms with van der Waals surface area (Å²) in [5.74, 6) is 0.813. The quantitative estimate of drug-likeness (QED) is 0.693. The molecular formula is C16H20Cl2N2S. The van der Waals surface area contributed by atoms with Gasteiger partial charge in [-0.25, -0.2) is 0 Å². The first kappa shape index (κ1) is 15.4. The van der Waals surface area contributed by atoms with E-state index in [0.29, 0.717) is 16.1 Å². The van der Waals surface area contributed by atoms with Crippen LogP contribution >= 0.6 is 35.4 Å². The lowest BCUT2D eigenvalue weighted by Crippen LogP contribution is -2.51. The van der Waals surface area contributed by atoms with Gasteiger partial charge in [0.2, 0.25) is 0 Å². The van der Waals surface area contributed by atoms with E-state index in [1.165, 1.54) is 38.5 Å². The minimum Gasteiger partial charge on any atom is -0.346 e. The molecule has 3 rings (SSSR count). The molecular weight excluding hydrogens is 323 g/mol. The van der Waals surface area contributed by atoms with Gasteiger partial charge < -0.3 is 10.2 Å². The van der Waals surface area contributed by atoms with E-state index in [2.05, 4.69) is 10.2 Å². The summed E-state index contributed by atoms with van der Waals surface area (Å²) in [5, 5.41) is 5.36. The SMILES string of the molecule is S=C(Nc1ccc(Cl)cc1Cl)N1CCC[C@H]2CCCC[C@H]21. The molecule has 1 N–H and O–H groups in total. The third-order valence-corrected chi connectivity index (χ3v) is 5.56. The highest BCUT2D eigenvalue weighted by Gasteiger charge is 2.34. The first-order valence-electron chi connectivity index (χ1n) is 7.68. The number of fused-ring (bicyclic) bond motifs is 1. The zero-order valence-corrected chi connectivity index (χ0v) is 14.3. The van der Waals surface area contributed by atoms with Gasteiger partial charge in [-0.2, -0.15) is 0 Å². The first-order valence-corrected chi connectivity index (χ1v) is 8.84. The number of hydrogen-bond donors (Lipinski definition) is 1. The summed E-state index contributed by atoms with van der Waals surface area (Å²) in [5.41, 5.74) is 0.837. The molecule has 0 radical (unpaired) electrons. The van der Waals surface area contributed by atoms with Gasteiger partial charge in [-0.1, -0.05) is 36.0 Å². The molecule has 1 heterocycles. The zero-order valence-electron chi connectivity index (χ0n) is 11.9. The van der Waals surface area contributed by atoms with Gasteiger partial charge >= 0.3 is 0 Å². The number of benzene rings is 1. The van der Waals surface area contributed by atoms with Crippen molar-refractivity contribution in [3.8, 4) is 0 Å². The van der Waals surface area contributed by atoms with Crippen molar-refractivity contribution in [2.75, 3.05) is 11.9 Å². The van der Waals surface area contributed by atoms with E-state index in [9.17, 15) is 0 Å². The van der Waals surface area contributed by atoms with E-state index in [1.54, 1.807) is 6.07 Å². The highest BCUT2D eigenvalue weighted by Crippen LogP contribution is 2.36. The highest BCUT2D eigenvalue weighted by molar-refractivity contribution is 7.80. The predicted octanol–water partition coefficient (Wildman–Crippen LogP) is 5.34. The Morgan fingerprint density at radius 2 is 1.90 bits per heavy atom. The summed E-state index contributed by atoms with van der Waals surface area (Å²) in [6.07, 6.45) is 7.90. The van der Waals surface area contributed by atoms with Crippen LogP contribution in [0.15, 0.2) is 18.2 Å². The molecule has 114 valence electrons. The minimum absolute atomic E-state index is 0.610. The lowest BCUT2D eigenvalue weighted by molar-refractivity contribution is 0.121. The van der Waals surface area contributed by atoms with Crippen LogP contribution in [0.2, 0.25) is 10.0 Å². The Kier molecular flexibility index (Phi) is 4.92. The fourth-order valence-corrected chi connectivity index (χ4v) is 4.45. The van der Waals surface area contributed by atoms with Crippen molar-refractivity contribution in [1.82, 2.24) is 4.90 Å². The Morgan fingerprint density at radius 1 is 1.14 bits per heavy atom.